The molecule has 0 aromatic heterocycles. The maximum Gasteiger partial charge on any atom is 0.253 e. The van der Waals surface area contributed by atoms with Crippen molar-refractivity contribution < 1.29 is 14.3 Å². The lowest BCUT2D eigenvalue weighted by Gasteiger charge is -2.36. The molecule has 160 valence electrons. The second kappa shape index (κ2) is 9.98. The van der Waals surface area contributed by atoms with Crippen LogP contribution in [0.25, 0.3) is 0 Å². The highest BCUT2D eigenvalue weighted by Crippen LogP contribution is 2.23. The van der Waals surface area contributed by atoms with Crippen molar-refractivity contribution in [2.45, 2.75) is 44.8 Å². The van der Waals surface area contributed by atoms with Gasteiger partial charge in [0.2, 0.25) is 0 Å². The maximum absolute atomic E-state index is 12.6. The SMILES string of the molecule is C[C@H](COc1ccccc1)N1CCC(Oc2cccc(C(=O)N3CCCC3)c2)CC1. The Morgan fingerprint density at radius 3 is 2.40 bits per heavy atom. The van der Waals surface area contributed by atoms with Gasteiger partial charge in [0.05, 0.1) is 0 Å². The molecule has 2 fully saturated rings. The lowest BCUT2D eigenvalue weighted by Crippen LogP contribution is -2.45. The van der Waals surface area contributed by atoms with Crippen molar-refractivity contribution in [3.05, 3.63) is 60.2 Å². The monoisotopic (exact) mass is 408 g/mol. The Morgan fingerprint density at radius 2 is 1.67 bits per heavy atom. The Morgan fingerprint density at radius 1 is 0.967 bits per heavy atom. The van der Waals surface area contributed by atoms with Crippen molar-refractivity contribution in [2.24, 2.45) is 0 Å². The van der Waals surface area contributed by atoms with Crippen molar-refractivity contribution in [1.29, 1.82) is 0 Å². The molecule has 0 N–H and O–H groups in total. The second-order valence-corrected chi connectivity index (χ2v) is 8.35. The van der Waals surface area contributed by atoms with Gasteiger partial charge < -0.3 is 14.4 Å². The standard InChI is InChI=1S/C25H32N2O3/c1-20(19-29-22-9-3-2-4-10-22)26-16-12-23(13-17-26)30-24-11-7-8-21(18-24)25(28)27-14-5-6-15-27/h2-4,7-11,18,20,23H,5-6,12-17,19H2,1H3/t20-/m1/s1. The highest BCUT2D eigenvalue weighted by molar-refractivity contribution is 5.94. The first-order chi connectivity index (χ1) is 14.7. The van der Waals surface area contributed by atoms with Crippen LogP contribution < -0.4 is 9.47 Å². The lowest BCUT2D eigenvalue weighted by molar-refractivity contribution is 0.0634. The molecule has 1 amide bonds. The number of benzene rings is 2. The van der Waals surface area contributed by atoms with Gasteiger partial charge in [-0.2, -0.15) is 0 Å². The fraction of sp³-hybridized carbons (Fsp3) is 0.480. The summed E-state index contributed by atoms with van der Waals surface area (Å²) in [6.45, 7) is 6.64. The van der Waals surface area contributed by atoms with Gasteiger partial charge in [0.25, 0.3) is 5.91 Å². The third-order valence-electron chi connectivity index (χ3n) is 6.11. The molecule has 2 aromatic rings. The minimum Gasteiger partial charge on any atom is -0.492 e. The van der Waals surface area contributed by atoms with E-state index in [9.17, 15) is 4.79 Å². The summed E-state index contributed by atoms with van der Waals surface area (Å²) in [6, 6.07) is 18.0. The molecule has 30 heavy (non-hydrogen) atoms. The average Bonchev–Trinajstić information content (AvgIpc) is 3.33. The van der Waals surface area contributed by atoms with Gasteiger partial charge in [-0.3, -0.25) is 9.69 Å². The number of rotatable bonds is 7. The lowest BCUT2D eigenvalue weighted by atomic mass is 10.1. The summed E-state index contributed by atoms with van der Waals surface area (Å²) < 4.78 is 12.1. The van der Waals surface area contributed by atoms with Gasteiger partial charge in [-0.25, -0.2) is 0 Å². The number of hydrogen-bond acceptors (Lipinski definition) is 4. The van der Waals surface area contributed by atoms with Crippen LogP contribution in [0, 0.1) is 0 Å². The molecule has 0 saturated carbocycles. The number of piperidine rings is 1. The summed E-state index contributed by atoms with van der Waals surface area (Å²) in [7, 11) is 0. The predicted octanol–water partition coefficient (Wildman–Crippen LogP) is 4.23. The third-order valence-corrected chi connectivity index (χ3v) is 6.11. The number of hydrogen-bond donors (Lipinski definition) is 0. The van der Waals surface area contributed by atoms with E-state index in [4.69, 9.17) is 9.47 Å². The van der Waals surface area contributed by atoms with Crippen LogP contribution in [0.3, 0.4) is 0 Å². The summed E-state index contributed by atoms with van der Waals surface area (Å²) in [5.74, 6) is 1.85. The Bertz CT molecular complexity index is 812. The smallest absolute Gasteiger partial charge is 0.253 e. The van der Waals surface area contributed by atoms with Gasteiger partial charge in [-0.05, 0) is 62.9 Å². The van der Waals surface area contributed by atoms with Crippen LogP contribution in [0.15, 0.2) is 54.6 Å². The van der Waals surface area contributed by atoms with Crippen LogP contribution in [0.4, 0.5) is 0 Å². The average molecular weight is 409 g/mol. The van der Waals surface area contributed by atoms with Gasteiger partial charge in [0.15, 0.2) is 0 Å². The van der Waals surface area contributed by atoms with E-state index in [0.29, 0.717) is 12.6 Å². The first kappa shape index (κ1) is 20.7. The van der Waals surface area contributed by atoms with E-state index in [1.807, 2.05) is 59.5 Å². The summed E-state index contributed by atoms with van der Waals surface area (Å²) in [5, 5.41) is 0. The highest BCUT2D eigenvalue weighted by atomic mass is 16.5. The van der Waals surface area contributed by atoms with E-state index >= 15 is 0 Å². The van der Waals surface area contributed by atoms with Crippen LogP contribution in [0.1, 0.15) is 43.0 Å². The molecule has 2 aromatic carbocycles. The molecule has 2 aliphatic heterocycles. The summed E-state index contributed by atoms with van der Waals surface area (Å²) >= 11 is 0. The summed E-state index contributed by atoms with van der Waals surface area (Å²) in [6.07, 6.45) is 4.38. The molecule has 2 aliphatic rings. The Balaban J connectivity index is 1.24. The number of carbonyl (C=O) groups excluding carboxylic acids is 1. The fourth-order valence-electron chi connectivity index (χ4n) is 4.27. The van der Waals surface area contributed by atoms with Gasteiger partial charge in [0, 0.05) is 37.8 Å². The minimum atomic E-state index is 0.125. The fourth-order valence-corrected chi connectivity index (χ4v) is 4.27. The summed E-state index contributed by atoms with van der Waals surface area (Å²) in [5.41, 5.74) is 0.735. The molecule has 0 bridgehead atoms. The molecular weight excluding hydrogens is 376 g/mol. The molecule has 0 spiro atoms. The van der Waals surface area contributed by atoms with Crippen LogP contribution in [-0.4, -0.2) is 60.6 Å². The molecule has 2 heterocycles. The quantitative estimate of drug-likeness (QED) is 0.687. The van der Waals surface area contributed by atoms with E-state index in [1.54, 1.807) is 0 Å². The zero-order chi connectivity index (χ0) is 20.8. The Hall–Kier alpha value is -2.53. The van der Waals surface area contributed by atoms with Gasteiger partial charge >= 0.3 is 0 Å². The molecular formula is C25H32N2O3. The maximum atomic E-state index is 12.6. The number of ether oxygens (including phenoxy) is 2. The molecule has 2 saturated heterocycles. The van der Waals surface area contributed by atoms with E-state index in [2.05, 4.69) is 11.8 Å². The minimum absolute atomic E-state index is 0.125. The van der Waals surface area contributed by atoms with Crippen molar-refractivity contribution in [1.82, 2.24) is 9.80 Å². The Kier molecular flexibility index (Phi) is 6.90. The van der Waals surface area contributed by atoms with E-state index in [0.717, 1.165) is 68.9 Å². The molecule has 0 aliphatic carbocycles. The molecule has 5 nitrogen and oxygen atoms in total. The number of likely N-dealkylation sites (tertiary alicyclic amines) is 2. The van der Waals surface area contributed by atoms with Crippen LogP contribution in [-0.2, 0) is 0 Å². The number of nitrogens with zero attached hydrogens (tertiary/aromatic N) is 2. The van der Waals surface area contributed by atoms with Crippen molar-refractivity contribution in [3.63, 3.8) is 0 Å². The number of amides is 1. The molecule has 0 radical (unpaired) electrons. The van der Waals surface area contributed by atoms with E-state index in [-0.39, 0.29) is 12.0 Å². The van der Waals surface area contributed by atoms with Crippen molar-refractivity contribution in [3.8, 4) is 11.5 Å². The van der Waals surface area contributed by atoms with E-state index in [1.165, 1.54) is 0 Å². The molecule has 5 heteroatoms. The van der Waals surface area contributed by atoms with Crippen molar-refractivity contribution in [2.75, 3.05) is 32.8 Å². The van der Waals surface area contributed by atoms with Crippen LogP contribution in [0.2, 0.25) is 0 Å². The third kappa shape index (κ3) is 5.33. The first-order valence-corrected chi connectivity index (χ1v) is 11.2. The molecule has 0 unspecified atom stereocenters. The first-order valence-electron chi connectivity index (χ1n) is 11.2. The second-order valence-electron chi connectivity index (χ2n) is 8.35. The topological polar surface area (TPSA) is 42.0 Å². The number of para-hydroxylation sites is 1. The van der Waals surface area contributed by atoms with Gasteiger partial charge in [-0.1, -0.05) is 24.3 Å². The zero-order valence-corrected chi connectivity index (χ0v) is 17.8. The van der Waals surface area contributed by atoms with Gasteiger partial charge in [-0.15, -0.1) is 0 Å². The summed E-state index contributed by atoms with van der Waals surface area (Å²) in [4.78, 5) is 17.0. The molecule has 1 atom stereocenters. The van der Waals surface area contributed by atoms with Crippen molar-refractivity contribution >= 4 is 5.91 Å². The van der Waals surface area contributed by atoms with Gasteiger partial charge in [0.1, 0.15) is 24.2 Å². The number of carbonyl (C=O) groups is 1. The zero-order valence-electron chi connectivity index (χ0n) is 17.8. The van der Waals surface area contributed by atoms with Crippen LogP contribution >= 0.6 is 0 Å². The molecule has 4 rings (SSSR count). The predicted molar refractivity (Wildman–Crippen MR) is 118 cm³/mol. The largest absolute Gasteiger partial charge is 0.492 e. The highest BCUT2D eigenvalue weighted by Gasteiger charge is 2.25. The normalized spacial score (nSPS) is 18.9. The van der Waals surface area contributed by atoms with Crippen LogP contribution in [0.5, 0.6) is 11.5 Å². The Labute approximate surface area is 179 Å². The van der Waals surface area contributed by atoms with E-state index < -0.39 is 0 Å².